The molecule has 1 aromatic heterocycles. The first-order valence-corrected chi connectivity index (χ1v) is 8.81. The fraction of sp³-hybridized carbons (Fsp3) is 0.474. The summed E-state index contributed by atoms with van der Waals surface area (Å²) in [5, 5.41) is 12.9. The van der Waals surface area contributed by atoms with Gasteiger partial charge in [-0.15, -0.1) is 0 Å². The van der Waals surface area contributed by atoms with Gasteiger partial charge >= 0.3 is 6.18 Å². The molecule has 0 amide bonds. The molecule has 140 valence electrons. The maximum Gasteiger partial charge on any atom is 0.416 e. The van der Waals surface area contributed by atoms with E-state index in [-0.39, 0.29) is 18.6 Å². The van der Waals surface area contributed by atoms with Crippen molar-refractivity contribution in [3.63, 3.8) is 0 Å². The average Bonchev–Trinajstić information content (AvgIpc) is 2.66. The smallest absolute Gasteiger partial charge is 0.396 e. The normalized spacial score (nSPS) is 20.9. The molecule has 1 aliphatic carbocycles. The Kier molecular flexibility index (Phi) is 5.88. The van der Waals surface area contributed by atoms with E-state index in [1.807, 2.05) is 0 Å². The van der Waals surface area contributed by atoms with E-state index in [1.54, 1.807) is 12.3 Å². The molecule has 2 atom stereocenters. The van der Waals surface area contributed by atoms with Crippen LogP contribution in [0.1, 0.15) is 36.9 Å². The number of hydrogen-bond acceptors (Lipinski definition) is 4. The zero-order chi connectivity index (χ0) is 18.6. The van der Waals surface area contributed by atoms with Gasteiger partial charge in [-0.05, 0) is 37.0 Å². The molecule has 1 aromatic carbocycles. The van der Waals surface area contributed by atoms with Crippen molar-refractivity contribution >= 4 is 0 Å². The summed E-state index contributed by atoms with van der Waals surface area (Å²) in [6, 6.07) is 6.90. The van der Waals surface area contributed by atoms with Crippen LogP contribution >= 0.6 is 0 Å². The molecule has 4 nitrogen and oxygen atoms in total. The van der Waals surface area contributed by atoms with Crippen LogP contribution in [0.15, 0.2) is 36.5 Å². The number of benzene rings is 1. The molecule has 0 unspecified atom stereocenters. The van der Waals surface area contributed by atoms with Crippen LogP contribution in [0.2, 0.25) is 0 Å². The number of aliphatic hydroxyl groups is 1. The third-order valence-corrected chi connectivity index (χ3v) is 4.87. The van der Waals surface area contributed by atoms with Gasteiger partial charge in [0.15, 0.2) is 5.82 Å². The van der Waals surface area contributed by atoms with Crippen molar-refractivity contribution in [2.75, 3.05) is 6.61 Å². The average molecular weight is 365 g/mol. The highest BCUT2D eigenvalue weighted by atomic mass is 19.4. The predicted molar refractivity (Wildman–Crippen MR) is 92.1 cm³/mol. The molecule has 1 fully saturated rings. The number of alkyl halides is 3. The molecule has 3 rings (SSSR count). The second-order valence-corrected chi connectivity index (χ2v) is 6.66. The first kappa shape index (κ1) is 18.8. The van der Waals surface area contributed by atoms with Crippen molar-refractivity contribution in [1.29, 1.82) is 0 Å². The monoisotopic (exact) mass is 365 g/mol. The van der Waals surface area contributed by atoms with Gasteiger partial charge in [-0.25, -0.2) is 9.97 Å². The Morgan fingerprint density at radius 2 is 1.81 bits per heavy atom. The zero-order valence-electron chi connectivity index (χ0n) is 14.3. The Morgan fingerprint density at radius 1 is 1.08 bits per heavy atom. The van der Waals surface area contributed by atoms with Gasteiger partial charge in [0.05, 0.1) is 11.3 Å². The minimum absolute atomic E-state index is 0.179. The van der Waals surface area contributed by atoms with Gasteiger partial charge in [-0.3, -0.25) is 0 Å². The molecule has 0 radical (unpaired) electrons. The van der Waals surface area contributed by atoms with E-state index in [0.717, 1.165) is 43.5 Å². The molecule has 7 heteroatoms. The van der Waals surface area contributed by atoms with Crippen LogP contribution in [-0.4, -0.2) is 27.7 Å². The van der Waals surface area contributed by atoms with Crippen molar-refractivity contribution in [3.05, 3.63) is 47.8 Å². The number of nitrogens with one attached hydrogen (secondary N) is 1. The number of halogens is 3. The molecule has 0 spiro atoms. The van der Waals surface area contributed by atoms with Crippen LogP contribution in [0.25, 0.3) is 11.4 Å². The molecular weight excluding hydrogens is 343 g/mol. The number of rotatable bonds is 5. The van der Waals surface area contributed by atoms with E-state index in [1.165, 1.54) is 12.1 Å². The summed E-state index contributed by atoms with van der Waals surface area (Å²) >= 11 is 0. The number of hydrogen-bond donors (Lipinski definition) is 2. The van der Waals surface area contributed by atoms with Crippen LogP contribution in [0, 0.1) is 5.92 Å². The van der Waals surface area contributed by atoms with E-state index in [2.05, 4.69) is 15.3 Å². The molecule has 1 heterocycles. The van der Waals surface area contributed by atoms with E-state index in [4.69, 9.17) is 0 Å². The molecular formula is C19H22F3N3O. The summed E-state index contributed by atoms with van der Waals surface area (Å²) in [6.45, 7) is 0.718. The van der Waals surface area contributed by atoms with Crippen molar-refractivity contribution in [1.82, 2.24) is 15.3 Å². The summed E-state index contributed by atoms with van der Waals surface area (Å²) < 4.78 is 38.0. The highest BCUT2D eigenvalue weighted by Gasteiger charge is 2.30. The van der Waals surface area contributed by atoms with Gasteiger partial charge in [0, 0.05) is 31.0 Å². The number of aliphatic hydroxyl groups excluding tert-OH is 1. The molecule has 2 N–H and O–H groups in total. The SMILES string of the molecule is OC[C@@H]1CCCC[C@@H]1NCc1ccnc(-c2ccc(C(F)(F)F)cc2)n1. The van der Waals surface area contributed by atoms with E-state index < -0.39 is 11.7 Å². The van der Waals surface area contributed by atoms with Crippen LogP contribution in [0.4, 0.5) is 13.2 Å². The van der Waals surface area contributed by atoms with E-state index in [9.17, 15) is 18.3 Å². The molecule has 0 saturated heterocycles. The molecule has 1 saturated carbocycles. The maximum absolute atomic E-state index is 12.7. The lowest BCUT2D eigenvalue weighted by Gasteiger charge is -2.31. The molecule has 0 bridgehead atoms. The third kappa shape index (κ3) is 4.59. The maximum atomic E-state index is 12.7. The van der Waals surface area contributed by atoms with Crippen LogP contribution in [0.3, 0.4) is 0 Å². The first-order chi connectivity index (χ1) is 12.5. The van der Waals surface area contributed by atoms with Crippen molar-refractivity contribution in [3.8, 4) is 11.4 Å². The van der Waals surface area contributed by atoms with Gasteiger partial charge in [0.25, 0.3) is 0 Å². The van der Waals surface area contributed by atoms with Crippen LogP contribution in [0.5, 0.6) is 0 Å². The second-order valence-electron chi connectivity index (χ2n) is 6.66. The molecule has 0 aliphatic heterocycles. The van der Waals surface area contributed by atoms with E-state index >= 15 is 0 Å². The lowest BCUT2D eigenvalue weighted by atomic mass is 9.85. The lowest BCUT2D eigenvalue weighted by Crippen LogP contribution is -2.39. The highest BCUT2D eigenvalue weighted by molar-refractivity contribution is 5.55. The van der Waals surface area contributed by atoms with Gasteiger partial charge in [-0.1, -0.05) is 25.0 Å². The summed E-state index contributed by atoms with van der Waals surface area (Å²) in [4.78, 5) is 8.62. The van der Waals surface area contributed by atoms with Crippen LogP contribution in [-0.2, 0) is 12.7 Å². The fourth-order valence-electron chi connectivity index (χ4n) is 3.37. The molecule has 1 aliphatic rings. The van der Waals surface area contributed by atoms with Gasteiger partial charge in [0.2, 0.25) is 0 Å². The first-order valence-electron chi connectivity index (χ1n) is 8.81. The van der Waals surface area contributed by atoms with Gasteiger partial charge < -0.3 is 10.4 Å². The molecule has 26 heavy (non-hydrogen) atoms. The predicted octanol–water partition coefficient (Wildman–Crippen LogP) is 3.80. The lowest BCUT2D eigenvalue weighted by molar-refractivity contribution is -0.137. The van der Waals surface area contributed by atoms with Gasteiger partial charge in [-0.2, -0.15) is 13.2 Å². The van der Waals surface area contributed by atoms with Crippen molar-refractivity contribution < 1.29 is 18.3 Å². The number of aromatic nitrogens is 2. The Labute approximate surface area is 150 Å². The quantitative estimate of drug-likeness (QED) is 0.846. The Hall–Kier alpha value is -1.99. The third-order valence-electron chi connectivity index (χ3n) is 4.87. The summed E-state index contributed by atoms with van der Waals surface area (Å²) in [6.07, 6.45) is 1.61. The second kappa shape index (κ2) is 8.14. The summed E-state index contributed by atoms with van der Waals surface area (Å²) in [7, 11) is 0. The fourth-order valence-corrected chi connectivity index (χ4v) is 3.37. The summed E-state index contributed by atoms with van der Waals surface area (Å²) in [5.74, 6) is 0.667. The largest absolute Gasteiger partial charge is 0.416 e. The minimum Gasteiger partial charge on any atom is -0.396 e. The molecule has 2 aromatic rings. The number of nitrogens with zero attached hydrogens (tertiary/aromatic N) is 2. The Morgan fingerprint density at radius 3 is 2.50 bits per heavy atom. The Bertz CT molecular complexity index is 719. The topological polar surface area (TPSA) is 58.0 Å². The van der Waals surface area contributed by atoms with Crippen molar-refractivity contribution in [2.24, 2.45) is 5.92 Å². The van der Waals surface area contributed by atoms with Gasteiger partial charge in [0.1, 0.15) is 0 Å². The standard InChI is InChI=1S/C19H22F3N3O/c20-19(21,22)15-7-5-13(6-8-15)18-23-10-9-16(25-18)11-24-17-4-2-1-3-14(17)12-26/h5-10,14,17,24,26H,1-4,11-12H2/t14-,17-/m0/s1. The van der Waals surface area contributed by atoms with Crippen LogP contribution < -0.4 is 5.32 Å². The summed E-state index contributed by atoms with van der Waals surface area (Å²) in [5.41, 5.74) is 0.634. The highest BCUT2D eigenvalue weighted by Crippen LogP contribution is 2.30. The van der Waals surface area contributed by atoms with E-state index in [0.29, 0.717) is 17.9 Å². The minimum atomic E-state index is -4.35. The Balaban J connectivity index is 1.68. The zero-order valence-corrected chi connectivity index (χ0v) is 14.3. The van der Waals surface area contributed by atoms with Crippen molar-refractivity contribution in [2.45, 2.75) is 44.4 Å².